The number of nitro benzene ring substituents is 1. The second-order valence-corrected chi connectivity index (χ2v) is 6.98. The number of hydrogen-bond donors (Lipinski definition) is 1. The molecule has 0 saturated heterocycles. The van der Waals surface area contributed by atoms with Crippen LogP contribution in [-0.4, -0.2) is 42.0 Å². The average Bonchev–Trinajstić information content (AvgIpc) is 2.72. The zero-order valence-electron chi connectivity index (χ0n) is 17.4. The summed E-state index contributed by atoms with van der Waals surface area (Å²) < 4.78 is 41.1. The number of nitrogens with zero attached hydrogens (tertiary/aromatic N) is 1. The summed E-state index contributed by atoms with van der Waals surface area (Å²) in [5.74, 6) is -3.41. The fourth-order valence-electron chi connectivity index (χ4n) is 3.32. The lowest BCUT2D eigenvalue weighted by Crippen LogP contribution is -2.34. The van der Waals surface area contributed by atoms with Gasteiger partial charge in [-0.3, -0.25) is 10.1 Å². The van der Waals surface area contributed by atoms with Crippen LogP contribution in [-0.2, 0) is 19.1 Å². The molecule has 1 aliphatic rings. The summed E-state index contributed by atoms with van der Waals surface area (Å²) in [4.78, 5) is 36.4. The van der Waals surface area contributed by atoms with Crippen molar-refractivity contribution in [3.8, 4) is 5.75 Å². The summed E-state index contributed by atoms with van der Waals surface area (Å²) >= 11 is 3.26. The molecule has 1 aromatic carbocycles. The third-order valence-corrected chi connectivity index (χ3v) is 5.06. The number of carbonyl (C=O) groups excluding carboxylic acids is 2. The molecule has 0 radical (unpaired) electrons. The van der Waals surface area contributed by atoms with Gasteiger partial charge in [-0.05, 0) is 26.8 Å². The molecule has 1 atom stereocenters. The quantitative estimate of drug-likeness (QED) is 0.226. The van der Waals surface area contributed by atoms with Crippen LogP contribution < -0.4 is 10.1 Å². The summed E-state index contributed by atoms with van der Waals surface area (Å²) in [6.45, 7) is 1.43. The van der Waals surface area contributed by atoms with Crippen molar-refractivity contribution >= 4 is 33.6 Å². The Morgan fingerprint density at radius 1 is 1.19 bits per heavy atom. The number of allylic oxidation sites excluding steroid dienone is 2. The largest absolute Gasteiger partial charge is 0.463 e. The van der Waals surface area contributed by atoms with Crippen LogP contribution in [0.5, 0.6) is 5.75 Å². The summed E-state index contributed by atoms with van der Waals surface area (Å²) in [6, 6.07) is 2.98. The van der Waals surface area contributed by atoms with Crippen molar-refractivity contribution in [1.29, 1.82) is 0 Å². The molecule has 0 bridgehead atoms. The van der Waals surface area contributed by atoms with Crippen molar-refractivity contribution in [2.45, 2.75) is 33.3 Å². The highest BCUT2D eigenvalue weighted by atomic mass is 79.9. The third-order valence-electron chi connectivity index (χ3n) is 4.50. The highest BCUT2D eigenvalue weighted by Crippen LogP contribution is 2.44. The number of non-ortho nitro benzene ring substituents is 1. The number of alkyl halides is 3. The Hall–Kier alpha value is -3.02. The summed E-state index contributed by atoms with van der Waals surface area (Å²) in [6.07, 6.45) is 0. The van der Waals surface area contributed by atoms with Crippen LogP contribution in [0, 0.1) is 10.1 Å². The first-order chi connectivity index (χ1) is 15.2. The van der Waals surface area contributed by atoms with Crippen molar-refractivity contribution < 1.29 is 37.5 Å². The van der Waals surface area contributed by atoms with Gasteiger partial charge < -0.3 is 19.5 Å². The topological polar surface area (TPSA) is 117 Å². The number of hydrogen-bond acceptors (Lipinski definition) is 8. The van der Waals surface area contributed by atoms with Gasteiger partial charge in [0.25, 0.3) is 5.69 Å². The van der Waals surface area contributed by atoms with Crippen LogP contribution in [0.3, 0.4) is 0 Å². The Balaban J connectivity index is 2.88. The van der Waals surface area contributed by atoms with E-state index in [0.717, 1.165) is 18.2 Å². The van der Waals surface area contributed by atoms with E-state index in [-0.39, 0.29) is 41.0 Å². The lowest BCUT2D eigenvalue weighted by atomic mass is 9.79. The number of nitrogens with one attached hydrogen (secondary N) is 1. The molecule has 12 heteroatoms. The van der Waals surface area contributed by atoms with E-state index >= 15 is 0 Å². The maximum absolute atomic E-state index is 13.1. The van der Waals surface area contributed by atoms with Gasteiger partial charge in [0.1, 0.15) is 5.75 Å². The standard InChI is InChI=1S/C20H21BrF2N2O7/c1-4-30-18(26)15-10(3)24-13(9-21)17(19(27)31-5-2)16(15)12-8-11(25(28)29)6-7-14(12)32-20(22)23/h6-8,16,20,24H,4-5,9H2,1-3H3. The van der Waals surface area contributed by atoms with Gasteiger partial charge in [-0.2, -0.15) is 8.78 Å². The molecule has 0 aromatic heterocycles. The molecule has 1 unspecified atom stereocenters. The van der Waals surface area contributed by atoms with Gasteiger partial charge in [0.15, 0.2) is 0 Å². The predicted octanol–water partition coefficient (Wildman–Crippen LogP) is 3.93. The predicted molar refractivity (Wildman–Crippen MR) is 112 cm³/mol. The van der Waals surface area contributed by atoms with E-state index in [1.807, 2.05) is 0 Å². The molecule has 0 spiro atoms. The van der Waals surface area contributed by atoms with E-state index in [1.165, 1.54) is 6.92 Å². The van der Waals surface area contributed by atoms with Crippen molar-refractivity contribution in [3.63, 3.8) is 0 Å². The second-order valence-electron chi connectivity index (χ2n) is 6.42. The lowest BCUT2D eigenvalue weighted by Gasteiger charge is -2.31. The lowest BCUT2D eigenvalue weighted by molar-refractivity contribution is -0.385. The fourth-order valence-corrected chi connectivity index (χ4v) is 3.76. The van der Waals surface area contributed by atoms with Crippen molar-refractivity contribution in [1.82, 2.24) is 5.32 Å². The highest BCUT2D eigenvalue weighted by molar-refractivity contribution is 9.09. The molecule has 2 rings (SSSR count). The zero-order valence-corrected chi connectivity index (χ0v) is 19.0. The molecule has 0 fully saturated rings. The maximum Gasteiger partial charge on any atom is 0.387 e. The minimum Gasteiger partial charge on any atom is -0.463 e. The van der Waals surface area contributed by atoms with Crippen LogP contribution in [0.1, 0.15) is 32.3 Å². The van der Waals surface area contributed by atoms with Crippen LogP contribution in [0.2, 0.25) is 0 Å². The van der Waals surface area contributed by atoms with E-state index in [4.69, 9.17) is 9.47 Å². The number of dihydropyridines is 1. The van der Waals surface area contributed by atoms with E-state index in [9.17, 15) is 28.5 Å². The zero-order chi connectivity index (χ0) is 24.0. The molecule has 0 amide bonds. The van der Waals surface area contributed by atoms with Gasteiger partial charge in [0.05, 0.1) is 35.2 Å². The first kappa shape index (κ1) is 25.2. The first-order valence-electron chi connectivity index (χ1n) is 9.50. The van der Waals surface area contributed by atoms with Gasteiger partial charge in [-0.15, -0.1) is 0 Å². The van der Waals surface area contributed by atoms with E-state index in [0.29, 0.717) is 5.70 Å². The molecular weight excluding hydrogens is 498 g/mol. The monoisotopic (exact) mass is 518 g/mol. The van der Waals surface area contributed by atoms with E-state index < -0.39 is 40.8 Å². The molecule has 1 heterocycles. The Morgan fingerprint density at radius 2 is 1.78 bits per heavy atom. The second kappa shape index (κ2) is 11.0. The van der Waals surface area contributed by atoms with E-state index in [2.05, 4.69) is 26.0 Å². The molecule has 0 aliphatic carbocycles. The number of rotatable bonds is 9. The Bertz CT molecular complexity index is 979. The Kier molecular flexibility index (Phi) is 8.70. The van der Waals surface area contributed by atoms with Crippen molar-refractivity contribution in [2.75, 3.05) is 18.5 Å². The first-order valence-corrected chi connectivity index (χ1v) is 10.6. The molecule has 0 saturated carbocycles. The molecule has 174 valence electrons. The molecular formula is C20H21BrF2N2O7. The number of halogens is 3. The highest BCUT2D eigenvalue weighted by Gasteiger charge is 2.41. The average molecular weight is 519 g/mol. The molecule has 32 heavy (non-hydrogen) atoms. The fraction of sp³-hybridized carbons (Fsp3) is 0.400. The Morgan fingerprint density at radius 3 is 2.28 bits per heavy atom. The number of benzene rings is 1. The van der Waals surface area contributed by atoms with Crippen molar-refractivity contribution in [3.05, 3.63) is 56.4 Å². The molecule has 1 aliphatic heterocycles. The van der Waals surface area contributed by atoms with E-state index in [1.54, 1.807) is 13.8 Å². The van der Waals surface area contributed by atoms with Gasteiger partial charge in [0, 0.05) is 34.4 Å². The summed E-state index contributed by atoms with van der Waals surface area (Å²) in [5.41, 5.74) is -0.204. The van der Waals surface area contributed by atoms with Crippen LogP contribution in [0.25, 0.3) is 0 Å². The van der Waals surface area contributed by atoms with Gasteiger partial charge in [-0.25, -0.2) is 9.59 Å². The minimum atomic E-state index is -3.25. The van der Waals surface area contributed by atoms with Gasteiger partial charge in [0.2, 0.25) is 0 Å². The normalized spacial score (nSPS) is 16.0. The number of carbonyl (C=O) groups is 2. The van der Waals surface area contributed by atoms with Gasteiger partial charge in [-0.1, -0.05) is 15.9 Å². The van der Waals surface area contributed by atoms with Crippen LogP contribution in [0.4, 0.5) is 14.5 Å². The smallest absolute Gasteiger partial charge is 0.387 e. The summed E-state index contributed by atoms with van der Waals surface area (Å²) in [7, 11) is 0. The van der Waals surface area contributed by atoms with Crippen LogP contribution in [0.15, 0.2) is 40.7 Å². The maximum atomic E-state index is 13.1. The SMILES string of the molecule is CCOC(=O)C1=C(C)NC(CBr)=C(C(=O)OCC)C1c1cc([N+](=O)[O-])ccc1OC(F)F. The third kappa shape index (κ3) is 5.42. The number of esters is 2. The molecule has 1 aromatic rings. The molecule has 9 nitrogen and oxygen atoms in total. The van der Waals surface area contributed by atoms with Crippen LogP contribution >= 0.6 is 15.9 Å². The minimum absolute atomic E-state index is 0.00141. The molecule has 1 N–H and O–H groups in total. The van der Waals surface area contributed by atoms with Gasteiger partial charge >= 0.3 is 18.6 Å². The Labute approximate surface area is 190 Å². The number of ether oxygens (including phenoxy) is 3. The number of nitro groups is 1. The van der Waals surface area contributed by atoms with Crippen molar-refractivity contribution in [2.24, 2.45) is 0 Å². The summed E-state index contributed by atoms with van der Waals surface area (Å²) in [5, 5.41) is 14.4.